The zero-order chi connectivity index (χ0) is 22.9. The maximum absolute atomic E-state index is 12.9. The SMILES string of the molecule is Cc1ccc(Cl)cc1NS(=O)(=O)c1ccc2c(c1)NC(=O)[C@H](C(=O)N1CCCCCC1)S2. The Labute approximate surface area is 196 Å². The number of carbonyl (C=O) groups excluding carboxylic acids is 2. The average Bonchev–Trinajstić information content (AvgIpc) is 3.04. The minimum Gasteiger partial charge on any atom is -0.341 e. The van der Waals surface area contributed by atoms with Crippen molar-refractivity contribution in [2.24, 2.45) is 0 Å². The third kappa shape index (κ3) is 4.89. The summed E-state index contributed by atoms with van der Waals surface area (Å²) in [5.74, 6) is -0.611. The predicted octanol–water partition coefficient (Wildman–Crippen LogP) is 4.26. The van der Waals surface area contributed by atoms with Gasteiger partial charge in [0.1, 0.15) is 0 Å². The lowest BCUT2D eigenvalue weighted by Crippen LogP contribution is -2.45. The number of hydrogen-bond donors (Lipinski definition) is 2. The summed E-state index contributed by atoms with van der Waals surface area (Å²) in [6.07, 6.45) is 4.08. The summed E-state index contributed by atoms with van der Waals surface area (Å²) in [5.41, 5.74) is 1.50. The summed E-state index contributed by atoms with van der Waals surface area (Å²) in [4.78, 5) is 28.1. The van der Waals surface area contributed by atoms with Gasteiger partial charge in [-0.05, 0) is 55.7 Å². The molecule has 1 fully saturated rings. The summed E-state index contributed by atoms with van der Waals surface area (Å²) < 4.78 is 28.4. The van der Waals surface area contributed by atoms with Gasteiger partial charge >= 0.3 is 0 Å². The quantitative estimate of drug-likeness (QED) is 0.620. The van der Waals surface area contributed by atoms with Gasteiger partial charge in [0.25, 0.3) is 10.0 Å². The van der Waals surface area contributed by atoms with E-state index in [-0.39, 0.29) is 10.8 Å². The smallest absolute Gasteiger partial charge is 0.261 e. The van der Waals surface area contributed by atoms with Gasteiger partial charge < -0.3 is 10.2 Å². The molecule has 0 spiro atoms. The van der Waals surface area contributed by atoms with Gasteiger partial charge in [-0.2, -0.15) is 0 Å². The van der Waals surface area contributed by atoms with Gasteiger partial charge in [-0.1, -0.05) is 30.5 Å². The zero-order valence-corrected chi connectivity index (χ0v) is 19.9. The second-order valence-corrected chi connectivity index (χ2v) is 11.2. The van der Waals surface area contributed by atoms with Crippen LogP contribution in [0.15, 0.2) is 46.2 Å². The van der Waals surface area contributed by atoms with Crippen molar-refractivity contribution in [2.75, 3.05) is 23.1 Å². The van der Waals surface area contributed by atoms with E-state index in [0.29, 0.717) is 34.4 Å². The molecular weight excluding hydrogens is 470 g/mol. The van der Waals surface area contributed by atoms with Crippen molar-refractivity contribution in [2.45, 2.75) is 47.6 Å². The van der Waals surface area contributed by atoms with Crippen LogP contribution in [0.1, 0.15) is 31.2 Å². The molecular formula is C22H24ClN3O4S2. The number of likely N-dealkylation sites (tertiary alicyclic amines) is 1. The first-order valence-electron chi connectivity index (χ1n) is 10.4. The number of anilines is 2. The molecule has 0 aromatic heterocycles. The van der Waals surface area contributed by atoms with E-state index in [1.165, 1.54) is 23.9 Å². The van der Waals surface area contributed by atoms with Crippen LogP contribution in [0.4, 0.5) is 11.4 Å². The van der Waals surface area contributed by atoms with Crippen LogP contribution >= 0.6 is 23.4 Å². The van der Waals surface area contributed by atoms with Crippen LogP contribution in [-0.2, 0) is 19.6 Å². The van der Waals surface area contributed by atoms with Crippen molar-refractivity contribution in [3.8, 4) is 0 Å². The molecule has 170 valence electrons. The molecule has 7 nitrogen and oxygen atoms in total. The number of hydrogen-bond acceptors (Lipinski definition) is 5. The molecule has 2 aliphatic rings. The molecule has 2 aliphatic heterocycles. The topological polar surface area (TPSA) is 95.6 Å². The molecule has 0 bridgehead atoms. The van der Waals surface area contributed by atoms with Crippen LogP contribution in [0.2, 0.25) is 5.02 Å². The van der Waals surface area contributed by atoms with Gasteiger partial charge in [0.15, 0.2) is 5.25 Å². The van der Waals surface area contributed by atoms with Gasteiger partial charge in [0, 0.05) is 23.0 Å². The van der Waals surface area contributed by atoms with E-state index < -0.39 is 21.2 Å². The molecule has 0 saturated carbocycles. The van der Waals surface area contributed by atoms with Crippen LogP contribution in [-0.4, -0.2) is 43.5 Å². The molecule has 2 aromatic carbocycles. The van der Waals surface area contributed by atoms with Crippen LogP contribution in [0, 0.1) is 6.92 Å². The Morgan fingerprint density at radius 1 is 1.12 bits per heavy atom. The Bertz CT molecular complexity index is 1160. The first kappa shape index (κ1) is 22.9. The lowest BCUT2D eigenvalue weighted by Gasteiger charge is -2.28. The highest BCUT2D eigenvalue weighted by atomic mass is 35.5. The number of aryl methyl sites for hydroxylation is 1. The Balaban J connectivity index is 1.54. The first-order valence-corrected chi connectivity index (χ1v) is 13.2. The number of nitrogens with one attached hydrogen (secondary N) is 2. The highest BCUT2D eigenvalue weighted by Gasteiger charge is 2.36. The van der Waals surface area contributed by atoms with Crippen molar-refractivity contribution in [1.29, 1.82) is 0 Å². The minimum atomic E-state index is -3.90. The lowest BCUT2D eigenvalue weighted by molar-refractivity contribution is -0.133. The maximum Gasteiger partial charge on any atom is 0.261 e. The lowest BCUT2D eigenvalue weighted by atomic mass is 10.2. The molecule has 2 aromatic rings. The Kier molecular flexibility index (Phi) is 6.69. The highest BCUT2D eigenvalue weighted by molar-refractivity contribution is 8.01. The summed E-state index contributed by atoms with van der Waals surface area (Å²) in [5, 5.41) is 2.28. The second-order valence-electron chi connectivity index (χ2n) is 7.95. The highest BCUT2D eigenvalue weighted by Crippen LogP contribution is 2.38. The fraction of sp³-hybridized carbons (Fsp3) is 0.364. The maximum atomic E-state index is 12.9. The summed E-state index contributed by atoms with van der Waals surface area (Å²) in [6, 6.07) is 9.47. The third-order valence-electron chi connectivity index (χ3n) is 5.59. The van der Waals surface area contributed by atoms with Crippen molar-refractivity contribution >= 4 is 56.6 Å². The number of fused-ring (bicyclic) bond motifs is 1. The molecule has 0 unspecified atom stereocenters. The van der Waals surface area contributed by atoms with Crippen LogP contribution in [0.3, 0.4) is 0 Å². The molecule has 2 heterocycles. The number of benzene rings is 2. The van der Waals surface area contributed by atoms with Gasteiger partial charge in [0.2, 0.25) is 11.8 Å². The molecule has 1 atom stereocenters. The Hall–Kier alpha value is -2.23. The fourth-order valence-corrected chi connectivity index (χ4v) is 6.16. The van der Waals surface area contributed by atoms with E-state index >= 15 is 0 Å². The molecule has 10 heteroatoms. The van der Waals surface area contributed by atoms with E-state index in [0.717, 1.165) is 31.2 Å². The molecule has 2 amide bonds. The van der Waals surface area contributed by atoms with Gasteiger partial charge in [-0.15, -0.1) is 11.8 Å². The van der Waals surface area contributed by atoms with E-state index in [1.54, 1.807) is 36.1 Å². The Morgan fingerprint density at radius 2 is 1.84 bits per heavy atom. The number of rotatable bonds is 4. The van der Waals surface area contributed by atoms with Crippen molar-refractivity contribution in [3.63, 3.8) is 0 Å². The molecule has 32 heavy (non-hydrogen) atoms. The second kappa shape index (κ2) is 9.33. The molecule has 0 radical (unpaired) electrons. The van der Waals surface area contributed by atoms with Gasteiger partial charge in [-0.3, -0.25) is 14.3 Å². The third-order valence-corrected chi connectivity index (χ3v) is 8.45. The first-order chi connectivity index (χ1) is 15.2. The standard InChI is InChI=1S/C22H24ClN3O4S2/c1-14-6-7-15(23)12-17(14)25-32(29,30)16-8-9-19-18(13-16)24-21(27)20(31-19)22(28)26-10-4-2-3-5-11-26/h6-9,12-13,20,25H,2-5,10-11H2,1H3,(H,24,27)/t20-/m1/s1. The van der Waals surface area contributed by atoms with Gasteiger partial charge in [0.05, 0.1) is 16.3 Å². The number of thioether (sulfide) groups is 1. The van der Waals surface area contributed by atoms with Crippen LogP contribution in [0.25, 0.3) is 0 Å². The van der Waals surface area contributed by atoms with Crippen LogP contribution in [0.5, 0.6) is 0 Å². The van der Waals surface area contributed by atoms with Crippen LogP contribution < -0.4 is 10.0 Å². The molecule has 0 aliphatic carbocycles. The minimum absolute atomic E-state index is 0.00817. The largest absolute Gasteiger partial charge is 0.341 e. The zero-order valence-electron chi connectivity index (χ0n) is 17.6. The molecule has 2 N–H and O–H groups in total. The fourth-order valence-electron chi connectivity index (χ4n) is 3.78. The number of amides is 2. The van der Waals surface area contributed by atoms with Crippen molar-refractivity contribution in [3.05, 3.63) is 47.0 Å². The van der Waals surface area contributed by atoms with E-state index in [9.17, 15) is 18.0 Å². The number of sulfonamides is 1. The number of carbonyl (C=O) groups is 2. The molecule has 4 rings (SSSR count). The number of halogens is 1. The normalized spacial score (nSPS) is 19.0. The van der Waals surface area contributed by atoms with Crippen molar-refractivity contribution < 1.29 is 18.0 Å². The summed E-state index contributed by atoms with van der Waals surface area (Å²) in [6.45, 7) is 3.11. The van der Waals surface area contributed by atoms with Crippen molar-refractivity contribution in [1.82, 2.24) is 4.90 Å². The van der Waals surface area contributed by atoms with E-state index in [2.05, 4.69) is 10.0 Å². The van der Waals surface area contributed by atoms with E-state index in [1.807, 2.05) is 0 Å². The predicted molar refractivity (Wildman–Crippen MR) is 127 cm³/mol. The number of nitrogens with zero attached hydrogens (tertiary/aromatic N) is 1. The summed E-state index contributed by atoms with van der Waals surface area (Å²) in [7, 11) is -3.90. The molecule has 1 saturated heterocycles. The summed E-state index contributed by atoms with van der Waals surface area (Å²) >= 11 is 7.16. The monoisotopic (exact) mass is 493 g/mol. The Morgan fingerprint density at radius 3 is 2.56 bits per heavy atom. The van der Waals surface area contributed by atoms with E-state index in [4.69, 9.17) is 11.6 Å². The van der Waals surface area contributed by atoms with Gasteiger partial charge in [-0.25, -0.2) is 8.42 Å². The average molecular weight is 494 g/mol.